The molecule has 1 aromatic carbocycles. The molecule has 1 saturated heterocycles. The Morgan fingerprint density at radius 1 is 1.38 bits per heavy atom. The number of anilines is 2. The van der Waals surface area contributed by atoms with Crippen LogP contribution < -0.4 is 10.6 Å². The molecular weight excluding hydrogens is 256 g/mol. The van der Waals surface area contributed by atoms with Crippen molar-refractivity contribution in [3.8, 4) is 0 Å². The van der Waals surface area contributed by atoms with E-state index in [9.17, 15) is 0 Å². The Bertz CT molecular complexity index is 573. The number of nitrogens with zero attached hydrogens (tertiary/aromatic N) is 1. The van der Waals surface area contributed by atoms with E-state index in [0.29, 0.717) is 18.0 Å². The summed E-state index contributed by atoms with van der Waals surface area (Å²) in [7, 11) is 0. The number of hydrogen-bond acceptors (Lipinski definition) is 2. The van der Waals surface area contributed by atoms with E-state index in [1.807, 2.05) is 18.2 Å². The van der Waals surface area contributed by atoms with Crippen LogP contribution in [-0.4, -0.2) is 12.1 Å². The van der Waals surface area contributed by atoms with Gasteiger partial charge >= 0.3 is 0 Å². The fraction of sp³-hybridized carbons (Fsp3) is 0.368. The van der Waals surface area contributed by atoms with Gasteiger partial charge in [-0.15, -0.1) is 0 Å². The molecule has 21 heavy (non-hydrogen) atoms. The van der Waals surface area contributed by atoms with Gasteiger partial charge in [0.1, 0.15) is 0 Å². The highest BCUT2D eigenvalue weighted by Crippen LogP contribution is 2.44. The number of nitrogen functional groups attached to an aromatic ring is 1. The minimum absolute atomic E-state index is 0.405. The van der Waals surface area contributed by atoms with Gasteiger partial charge in [-0.2, -0.15) is 0 Å². The zero-order valence-corrected chi connectivity index (χ0v) is 12.7. The monoisotopic (exact) mass is 280 g/mol. The average Bonchev–Trinajstić information content (AvgIpc) is 2.78. The summed E-state index contributed by atoms with van der Waals surface area (Å²) in [5, 5.41) is 0. The van der Waals surface area contributed by atoms with Crippen molar-refractivity contribution in [3.63, 3.8) is 0 Å². The fourth-order valence-corrected chi connectivity index (χ4v) is 3.91. The summed E-state index contributed by atoms with van der Waals surface area (Å²) in [5.41, 5.74) is 8.05. The number of rotatable bonds is 3. The largest absolute Gasteiger partial charge is 0.399 e. The normalized spacial score (nSPS) is 31.6. The van der Waals surface area contributed by atoms with Crippen molar-refractivity contribution in [2.75, 3.05) is 10.6 Å². The first-order chi connectivity index (χ1) is 10.2. The highest BCUT2D eigenvalue weighted by atomic mass is 15.2. The van der Waals surface area contributed by atoms with Crippen LogP contribution in [0.2, 0.25) is 0 Å². The second-order valence-electron chi connectivity index (χ2n) is 6.13. The summed E-state index contributed by atoms with van der Waals surface area (Å²) in [6.45, 7) is 6.19. The van der Waals surface area contributed by atoms with Crippen LogP contribution in [-0.2, 0) is 0 Å². The first-order valence-electron chi connectivity index (χ1n) is 7.82. The van der Waals surface area contributed by atoms with Crippen molar-refractivity contribution in [3.05, 3.63) is 61.2 Å². The first kappa shape index (κ1) is 14.0. The average molecular weight is 280 g/mol. The summed E-state index contributed by atoms with van der Waals surface area (Å²) in [6.07, 6.45) is 13.4. The van der Waals surface area contributed by atoms with Crippen molar-refractivity contribution >= 4 is 11.4 Å². The molecule has 4 atom stereocenters. The van der Waals surface area contributed by atoms with Crippen LogP contribution in [0.5, 0.6) is 0 Å². The van der Waals surface area contributed by atoms with E-state index in [4.69, 9.17) is 5.73 Å². The van der Waals surface area contributed by atoms with Crippen LogP contribution in [0.4, 0.5) is 11.4 Å². The molecule has 0 spiro atoms. The molecule has 2 heteroatoms. The van der Waals surface area contributed by atoms with Crippen molar-refractivity contribution in [1.29, 1.82) is 0 Å². The number of allylic oxidation sites excluding steroid dienone is 3. The molecule has 110 valence electrons. The maximum absolute atomic E-state index is 6.00. The van der Waals surface area contributed by atoms with E-state index < -0.39 is 0 Å². The lowest BCUT2D eigenvalue weighted by atomic mass is 9.82. The fourth-order valence-electron chi connectivity index (χ4n) is 3.91. The second kappa shape index (κ2) is 5.80. The molecule has 1 aliphatic heterocycles. The van der Waals surface area contributed by atoms with Crippen molar-refractivity contribution < 1.29 is 0 Å². The standard InChI is InChI=1S/C19H24N2/c1-3-4-11-18-14(2)17-10-5-6-12-19(17)21(18)16-9-7-8-15(20)13-16/h3-4,6-9,11-14,17-19H,1,5,10,20H2,2H3/b11-4-. The molecule has 2 N–H and O–H groups in total. The van der Waals surface area contributed by atoms with E-state index in [1.54, 1.807) is 0 Å². The maximum Gasteiger partial charge on any atom is 0.0511 e. The van der Waals surface area contributed by atoms with Crippen LogP contribution >= 0.6 is 0 Å². The summed E-state index contributed by atoms with van der Waals surface area (Å²) >= 11 is 0. The zero-order valence-electron chi connectivity index (χ0n) is 12.7. The highest BCUT2D eigenvalue weighted by molar-refractivity contribution is 5.60. The summed E-state index contributed by atoms with van der Waals surface area (Å²) < 4.78 is 0. The Hall–Kier alpha value is -1.96. The molecule has 1 heterocycles. The van der Waals surface area contributed by atoms with Gasteiger partial charge in [0.25, 0.3) is 0 Å². The first-order valence-corrected chi connectivity index (χ1v) is 7.82. The number of hydrogen-bond donors (Lipinski definition) is 1. The lowest BCUT2D eigenvalue weighted by Crippen LogP contribution is -2.36. The molecule has 0 radical (unpaired) electrons. The van der Waals surface area contributed by atoms with Crippen molar-refractivity contribution in [2.45, 2.75) is 31.8 Å². The zero-order chi connectivity index (χ0) is 14.8. The molecule has 1 aliphatic carbocycles. The topological polar surface area (TPSA) is 29.3 Å². The summed E-state index contributed by atoms with van der Waals surface area (Å²) in [5.74, 6) is 1.36. The van der Waals surface area contributed by atoms with Gasteiger partial charge in [-0.05, 0) is 42.9 Å². The highest BCUT2D eigenvalue weighted by Gasteiger charge is 2.44. The van der Waals surface area contributed by atoms with Crippen LogP contribution in [0.15, 0.2) is 61.2 Å². The predicted molar refractivity (Wildman–Crippen MR) is 91.3 cm³/mol. The van der Waals surface area contributed by atoms with Gasteiger partial charge < -0.3 is 10.6 Å². The molecule has 2 aliphatic rings. The third-order valence-electron chi connectivity index (χ3n) is 4.91. The minimum atomic E-state index is 0.405. The molecule has 0 bridgehead atoms. The molecule has 4 unspecified atom stereocenters. The van der Waals surface area contributed by atoms with E-state index in [-0.39, 0.29) is 0 Å². The van der Waals surface area contributed by atoms with Gasteiger partial charge in [0, 0.05) is 11.4 Å². The van der Waals surface area contributed by atoms with E-state index in [0.717, 1.165) is 11.6 Å². The third kappa shape index (κ3) is 2.51. The molecule has 3 rings (SSSR count). The maximum atomic E-state index is 6.00. The molecule has 0 saturated carbocycles. The van der Waals surface area contributed by atoms with Gasteiger partial charge in [0.15, 0.2) is 0 Å². The van der Waals surface area contributed by atoms with Gasteiger partial charge in [-0.3, -0.25) is 0 Å². The van der Waals surface area contributed by atoms with E-state index in [2.05, 4.69) is 54.8 Å². The van der Waals surface area contributed by atoms with Gasteiger partial charge in [-0.1, -0.05) is 49.9 Å². The van der Waals surface area contributed by atoms with Gasteiger partial charge in [0.2, 0.25) is 0 Å². The van der Waals surface area contributed by atoms with E-state index in [1.165, 1.54) is 18.5 Å². The molecule has 1 fully saturated rings. The number of fused-ring (bicyclic) bond motifs is 1. The minimum Gasteiger partial charge on any atom is -0.399 e. The van der Waals surface area contributed by atoms with Crippen LogP contribution in [0, 0.1) is 11.8 Å². The smallest absolute Gasteiger partial charge is 0.0511 e. The van der Waals surface area contributed by atoms with Crippen LogP contribution in [0.25, 0.3) is 0 Å². The Kier molecular flexibility index (Phi) is 3.87. The number of benzene rings is 1. The van der Waals surface area contributed by atoms with Crippen LogP contribution in [0.1, 0.15) is 19.8 Å². The lowest BCUT2D eigenvalue weighted by molar-refractivity contribution is 0.369. The van der Waals surface area contributed by atoms with Gasteiger partial charge in [-0.25, -0.2) is 0 Å². The summed E-state index contributed by atoms with van der Waals surface area (Å²) in [4.78, 5) is 2.53. The predicted octanol–water partition coefficient (Wildman–Crippen LogP) is 4.17. The quantitative estimate of drug-likeness (QED) is 0.511. The Morgan fingerprint density at radius 3 is 3.00 bits per heavy atom. The summed E-state index contributed by atoms with van der Waals surface area (Å²) in [6, 6.07) is 9.14. The van der Waals surface area contributed by atoms with Crippen molar-refractivity contribution in [1.82, 2.24) is 0 Å². The molecule has 0 amide bonds. The number of nitrogens with two attached hydrogens (primary N) is 1. The SMILES string of the molecule is C=C/C=C\C1C(C)C2CCC=CC2N1c1cccc(N)c1. The van der Waals surface area contributed by atoms with Crippen molar-refractivity contribution in [2.24, 2.45) is 11.8 Å². The van der Waals surface area contributed by atoms with Crippen LogP contribution in [0.3, 0.4) is 0 Å². The van der Waals surface area contributed by atoms with E-state index >= 15 is 0 Å². The second-order valence-corrected chi connectivity index (χ2v) is 6.13. The Labute approximate surface area is 127 Å². The Morgan fingerprint density at radius 2 is 2.24 bits per heavy atom. The van der Waals surface area contributed by atoms with Gasteiger partial charge in [0.05, 0.1) is 12.1 Å². The molecular formula is C19H24N2. The lowest BCUT2D eigenvalue weighted by Gasteiger charge is -2.32. The Balaban J connectivity index is 2.03. The molecule has 1 aromatic rings. The molecule has 2 nitrogen and oxygen atoms in total. The molecule has 0 aromatic heterocycles. The third-order valence-corrected chi connectivity index (χ3v) is 4.91.